The Hall–Kier alpha value is -4.15. The molecule has 1 heterocycles. The number of hydrogen-bond acceptors (Lipinski definition) is 6. The molecule has 47 heavy (non-hydrogen) atoms. The Labute approximate surface area is 279 Å². The van der Waals surface area contributed by atoms with Gasteiger partial charge in [-0.1, -0.05) is 105 Å². The molecule has 2 atom stereocenters. The molecule has 1 saturated heterocycles. The average Bonchev–Trinajstić information content (AvgIpc) is 3.14. The molecule has 0 spiro atoms. The molecule has 1 aliphatic heterocycles. The van der Waals surface area contributed by atoms with Crippen LogP contribution < -0.4 is 0 Å². The molecule has 0 unspecified atom stereocenters. The van der Waals surface area contributed by atoms with Crippen molar-refractivity contribution in [2.75, 3.05) is 19.9 Å². The van der Waals surface area contributed by atoms with Crippen LogP contribution in [0.2, 0.25) is 25.7 Å². The van der Waals surface area contributed by atoms with Crippen molar-refractivity contribution < 1.29 is 24.5 Å². The second kappa shape index (κ2) is 16.1. The van der Waals surface area contributed by atoms with Crippen LogP contribution in [0.1, 0.15) is 22.3 Å². The van der Waals surface area contributed by atoms with Gasteiger partial charge in [-0.3, -0.25) is 5.01 Å². The van der Waals surface area contributed by atoms with E-state index >= 15 is 0 Å². The van der Waals surface area contributed by atoms with Crippen molar-refractivity contribution in [2.24, 2.45) is 0 Å². The number of rotatable bonds is 14. The smallest absolute Gasteiger partial charge is 0.335 e. The second-order valence-corrected chi connectivity index (χ2v) is 19.1. The van der Waals surface area contributed by atoms with Crippen LogP contribution in [-0.2, 0) is 35.5 Å². The minimum atomic E-state index is -1.27. The molecule has 248 valence electrons. The predicted octanol–water partition coefficient (Wildman–Crippen LogP) is 7.26. The average molecular weight is 654 g/mol. The Bertz CT molecular complexity index is 1530. The maximum atomic E-state index is 15.0. The summed E-state index contributed by atoms with van der Waals surface area (Å²) in [5.74, 6) is 0.355. The second-order valence-electron chi connectivity index (χ2n) is 13.4. The van der Waals surface area contributed by atoms with E-state index in [0.717, 1.165) is 28.3 Å². The highest BCUT2D eigenvalue weighted by Crippen LogP contribution is 2.28. The van der Waals surface area contributed by atoms with Crippen molar-refractivity contribution in [3.63, 3.8) is 0 Å². The van der Waals surface area contributed by atoms with Gasteiger partial charge in [0.25, 0.3) is 0 Å². The lowest BCUT2D eigenvalue weighted by Crippen LogP contribution is -2.51. The summed E-state index contributed by atoms with van der Waals surface area (Å²) in [5, 5.41) is 23.9. The highest BCUT2D eigenvalue weighted by atomic mass is 28.3. The Morgan fingerprint density at radius 1 is 0.702 bits per heavy atom. The lowest BCUT2D eigenvalue weighted by atomic mass is 9.98. The molecule has 4 aromatic rings. The minimum absolute atomic E-state index is 0.138. The van der Waals surface area contributed by atoms with Gasteiger partial charge in [0.2, 0.25) is 0 Å². The van der Waals surface area contributed by atoms with Gasteiger partial charge in [-0.2, -0.15) is 0 Å². The molecule has 2 amide bonds. The highest BCUT2D eigenvalue weighted by molar-refractivity contribution is 6.76. The molecule has 5 rings (SSSR count). The molecule has 0 aliphatic carbocycles. The van der Waals surface area contributed by atoms with E-state index in [-0.39, 0.29) is 36.5 Å². The van der Waals surface area contributed by atoms with E-state index in [9.17, 15) is 15.0 Å². The zero-order valence-corrected chi connectivity index (χ0v) is 28.7. The van der Waals surface area contributed by atoms with Crippen LogP contribution in [0.25, 0.3) is 0 Å². The van der Waals surface area contributed by atoms with Crippen molar-refractivity contribution in [2.45, 2.75) is 63.9 Å². The van der Waals surface area contributed by atoms with Gasteiger partial charge in [-0.05, 0) is 59.0 Å². The number of ether oxygens (including phenoxy) is 2. The number of nitrogens with zero attached hydrogens (tertiary/aromatic N) is 3. The number of carbonyl (C=O) groups excluding carboxylic acids is 1. The molecule has 2 N–H and O–H groups in total. The molecule has 9 heteroatoms. The molecule has 1 aliphatic rings. The summed E-state index contributed by atoms with van der Waals surface area (Å²) in [5.41, 5.74) is 3.98. The molecule has 0 aromatic heterocycles. The van der Waals surface area contributed by atoms with E-state index in [0.29, 0.717) is 39.2 Å². The highest BCUT2D eigenvalue weighted by Gasteiger charge is 2.41. The van der Waals surface area contributed by atoms with Crippen LogP contribution in [-0.4, -0.2) is 71.3 Å². The van der Waals surface area contributed by atoms with Crippen LogP contribution in [0.5, 0.6) is 11.5 Å². The summed E-state index contributed by atoms with van der Waals surface area (Å²) in [6.07, 6.45) is 0.216. The number of phenolic OH excluding ortho intramolecular Hbond substituents is 2. The van der Waals surface area contributed by atoms with Gasteiger partial charge >= 0.3 is 6.03 Å². The third-order valence-electron chi connectivity index (χ3n) is 8.44. The standard InChI is InChI=1S/C38H47N3O5Si/c1-47(2,3)23-22-45-29-46-37-28-39(25-31-12-8-5-9-13-31)41(27-33-16-20-35(43)21-17-33)38(44)40(26-32-14-18-34(42)19-15-32)36(37)24-30-10-6-4-7-11-30/h4-21,36-37,42-43H,22-29H2,1-3H3/t36-,37-/m1/s1. The zero-order valence-electron chi connectivity index (χ0n) is 27.7. The maximum absolute atomic E-state index is 15.0. The summed E-state index contributed by atoms with van der Waals surface area (Å²) in [4.78, 5) is 16.9. The molecule has 0 bridgehead atoms. The number of carbonyl (C=O) groups is 1. The minimum Gasteiger partial charge on any atom is -0.508 e. The quantitative estimate of drug-likeness (QED) is 0.0847. The normalized spacial score (nSPS) is 17.6. The number of hydrazine groups is 1. The number of amides is 2. The summed E-state index contributed by atoms with van der Waals surface area (Å²) >= 11 is 0. The van der Waals surface area contributed by atoms with Gasteiger partial charge in [-0.25, -0.2) is 9.80 Å². The molecular formula is C38H47N3O5Si. The first-order chi connectivity index (χ1) is 22.6. The molecule has 1 fully saturated rings. The van der Waals surface area contributed by atoms with E-state index in [2.05, 4.69) is 48.9 Å². The maximum Gasteiger partial charge on any atom is 0.335 e. The first-order valence-corrected chi connectivity index (χ1v) is 20.0. The van der Waals surface area contributed by atoms with Gasteiger partial charge in [0.15, 0.2) is 0 Å². The van der Waals surface area contributed by atoms with Gasteiger partial charge in [0.05, 0.1) is 18.7 Å². The Balaban J connectivity index is 1.54. The fourth-order valence-corrected chi connectivity index (χ4v) is 6.50. The third-order valence-corrected chi connectivity index (χ3v) is 10.1. The molecule has 4 aromatic carbocycles. The lowest BCUT2D eigenvalue weighted by Gasteiger charge is -2.36. The molecular weight excluding hydrogens is 607 g/mol. The van der Waals surface area contributed by atoms with Crippen molar-refractivity contribution in [1.29, 1.82) is 0 Å². The van der Waals surface area contributed by atoms with Gasteiger partial charge in [-0.15, -0.1) is 0 Å². The van der Waals surface area contributed by atoms with Crippen molar-refractivity contribution >= 4 is 14.1 Å². The molecule has 8 nitrogen and oxygen atoms in total. The van der Waals surface area contributed by atoms with Crippen LogP contribution in [0.15, 0.2) is 109 Å². The van der Waals surface area contributed by atoms with Crippen LogP contribution in [0.3, 0.4) is 0 Å². The van der Waals surface area contributed by atoms with Gasteiger partial charge in [0.1, 0.15) is 18.3 Å². The van der Waals surface area contributed by atoms with Crippen LogP contribution in [0, 0.1) is 0 Å². The number of hydrogen-bond donors (Lipinski definition) is 2. The van der Waals surface area contributed by atoms with E-state index in [1.54, 1.807) is 24.3 Å². The van der Waals surface area contributed by atoms with Crippen molar-refractivity contribution in [1.82, 2.24) is 14.9 Å². The number of urea groups is 1. The Kier molecular flexibility index (Phi) is 11.7. The first-order valence-electron chi connectivity index (χ1n) is 16.3. The van der Waals surface area contributed by atoms with Gasteiger partial charge < -0.3 is 24.6 Å². The van der Waals surface area contributed by atoms with Crippen molar-refractivity contribution in [3.05, 3.63) is 131 Å². The van der Waals surface area contributed by atoms with Crippen molar-refractivity contribution in [3.8, 4) is 11.5 Å². The number of phenols is 2. The lowest BCUT2D eigenvalue weighted by molar-refractivity contribution is -0.118. The SMILES string of the molecule is C[Si](C)(C)CCOCO[C@@H]1CN(Cc2ccccc2)N(Cc2ccc(O)cc2)C(=O)N(Cc2ccc(O)cc2)[C@@H]1Cc1ccccc1. The third kappa shape index (κ3) is 10.2. The first kappa shape index (κ1) is 34.2. The fourth-order valence-electron chi connectivity index (χ4n) is 5.74. The molecule has 0 saturated carbocycles. The van der Waals surface area contributed by atoms with E-state index < -0.39 is 8.07 Å². The topological polar surface area (TPSA) is 85.7 Å². The molecule has 0 radical (unpaired) electrons. The summed E-state index contributed by atoms with van der Waals surface area (Å²) < 4.78 is 12.7. The van der Waals surface area contributed by atoms with E-state index in [1.807, 2.05) is 70.6 Å². The van der Waals surface area contributed by atoms with E-state index in [1.165, 1.54) is 0 Å². The Morgan fingerprint density at radius 2 is 1.23 bits per heavy atom. The summed E-state index contributed by atoms with van der Waals surface area (Å²) in [6.45, 7) is 9.38. The van der Waals surface area contributed by atoms with Crippen LogP contribution >= 0.6 is 0 Å². The number of benzene rings is 4. The largest absolute Gasteiger partial charge is 0.508 e. The van der Waals surface area contributed by atoms with Gasteiger partial charge in [0, 0.05) is 34.3 Å². The Morgan fingerprint density at radius 3 is 1.81 bits per heavy atom. The van der Waals surface area contributed by atoms with Crippen LogP contribution in [0.4, 0.5) is 4.79 Å². The fraction of sp³-hybridized carbons (Fsp3) is 0.342. The number of aromatic hydroxyl groups is 2. The summed E-state index contributed by atoms with van der Waals surface area (Å²) in [6, 6.07) is 34.9. The summed E-state index contributed by atoms with van der Waals surface area (Å²) in [7, 11) is -1.27. The van der Waals surface area contributed by atoms with E-state index in [4.69, 9.17) is 9.47 Å². The monoisotopic (exact) mass is 653 g/mol. The predicted molar refractivity (Wildman–Crippen MR) is 187 cm³/mol. The zero-order chi connectivity index (χ0) is 33.2.